The Morgan fingerprint density at radius 1 is 0.516 bits per heavy atom. The summed E-state index contributed by atoms with van der Waals surface area (Å²) in [6.07, 6.45) is 0.715. The molecule has 0 aliphatic heterocycles. The predicted molar refractivity (Wildman–Crippen MR) is 78.5 cm³/mol. The van der Waals surface area contributed by atoms with Crippen molar-refractivity contribution in [3.8, 4) is 0 Å². The third-order valence-electron chi connectivity index (χ3n) is 0. The Kier molecular flexibility index (Phi) is 33.4. The Labute approximate surface area is 198 Å². The Hall–Kier alpha value is 1.55. The van der Waals surface area contributed by atoms with Crippen LogP contribution in [0, 0.1) is 0 Å². The van der Waals surface area contributed by atoms with E-state index in [9.17, 15) is 25.8 Å². The second-order valence-electron chi connectivity index (χ2n) is 3.10. The first kappa shape index (κ1) is 49.6. The van der Waals surface area contributed by atoms with Gasteiger partial charge in [0.1, 0.15) is 0 Å². The summed E-state index contributed by atoms with van der Waals surface area (Å²) in [7, 11) is -3.67. The molecule has 0 atom stereocenters. The summed E-state index contributed by atoms with van der Waals surface area (Å²) in [5, 5.41) is 0. The summed E-state index contributed by atoms with van der Waals surface area (Å²) in [5.41, 5.74) is 0. The second-order valence-corrected chi connectivity index (χ2v) is 14.5. The van der Waals surface area contributed by atoms with Crippen molar-refractivity contribution in [1.29, 1.82) is 0 Å². The van der Waals surface area contributed by atoms with E-state index in [1.54, 1.807) is 0 Å². The zero-order valence-electron chi connectivity index (χ0n) is 15.3. The molecule has 0 saturated heterocycles. The summed E-state index contributed by atoms with van der Waals surface area (Å²) < 4.78 is 192. The molecule has 0 aromatic heterocycles. The summed E-state index contributed by atoms with van der Waals surface area (Å²) in [4.78, 5) is 0. The summed E-state index contributed by atoms with van der Waals surface area (Å²) >= 11 is -28.1. The molecule has 31 heavy (non-hydrogen) atoms. The Morgan fingerprint density at radius 2 is 0.516 bits per heavy atom. The molecule has 194 valence electrons. The van der Waals surface area contributed by atoms with Gasteiger partial charge in [0.15, 0.2) is 0 Å². The summed E-state index contributed by atoms with van der Waals surface area (Å²) in [6.45, 7) is 0. The third-order valence-corrected chi connectivity index (χ3v) is 0. The van der Waals surface area contributed by atoms with E-state index in [0.717, 1.165) is 0 Å². The van der Waals surface area contributed by atoms with Crippen LogP contribution in [0.3, 0.4) is 0 Å². The number of hydrogen-bond donors (Lipinski definition) is 11. The van der Waals surface area contributed by atoms with Gasteiger partial charge in [-0.3, -0.25) is 4.55 Å². The van der Waals surface area contributed by atoms with Crippen molar-refractivity contribution in [2.45, 2.75) is 0 Å². The van der Waals surface area contributed by atoms with Crippen LogP contribution in [0.25, 0.3) is 0 Å². The van der Waals surface area contributed by atoms with Gasteiger partial charge < -0.3 is 1.43 Å². The van der Waals surface area contributed by atoms with E-state index in [-0.39, 0.29) is 20.3 Å². The van der Waals surface area contributed by atoms with Gasteiger partial charge >= 0.3 is 169 Å². The Morgan fingerprint density at radius 3 is 0.516 bits per heavy atom. The van der Waals surface area contributed by atoms with Crippen LogP contribution in [0.4, 0.5) is 17.3 Å². The molecule has 18 nitrogen and oxygen atoms in total. The van der Waals surface area contributed by atoms with Crippen molar-refractivity contribution < 1.29 is 110 Å². The summed E-state index contributed by atoms with van der Waals surface area (Å²) in [6, 6.07) is 0. The molecule has 11 N–H and O–H groups in total. The fourth-order valence-electron chi connectivity index (χ4n) is 0. The second kappa shape index (κ2) is 20.9. The molecule has 0 aliphatic rings. The van der Waals surface area contributed by atoms with Crippen molar-refractivity contribution in [3.63, 3.8) is 0 Å². The zero-order chi connectivity index (χ0) is 27.0. The minimum absolute atomic E-state index is 0. The molecule has 0 aromatic rings. The van der Waals surface area contributed by atoms with E-state index >= 15 is 0 Å². The Bertz CT molecular complexity index is 593. The minimum atomic E-state index is -5.62. The smallest absolute Gasteiger partial charge is 1.00 e. The molecular formula is CH15As5F5LiO18S. The van der Waals surface area contributed by atoms with Gasteiger partial charge in [0.25, 0.3) is 10.1 Å². The standard InChI is InChI=1S/CH4O3S.5AsFH2O3.Li.H/c1-5(2,3)4;5*2-1(3,4)5;;/h1H3,(H,2,3,4);5*(H2,3,4,5);;/q;;;;;;+1;-1. The number of hydrogen-bond acceptors (Lipinski definition) is 7. The molecule has 0 spiro atoms. The molecule has 0 aliphatic carbocycles. The number of halogens is 5. The van der Waals surface area contributed by atoms with Crippen LogP contribution in [0.5, 0.6) is 0 Å². The van der Waals surface area contributed by atoms with E-state index in [2.05, 4.69) is 0 Å². The average Bonchev–Trinajstić information content (AvgIpc) is 1.94. The SMILES string of the molecule is CS(=O)(=O)O.O=[As](O)(O)F.O=[As](O)(O)F.O=[As](O)(O)F.O=[As](O)(O)F.O=[As](O)(O)F.[H-].[Li+]. The van der Waals surface area contributed by atoms with Crippen molar-refractivity contribution in [2.24, 2.45) is 0 Å². The van der Waals surface area contributed by atoms with Gasteiger partial charge in [-0.05, 0) is 0 Å². The predicted octanol–water partition coefficient (Wildman–Crippen LogP) is -9.35. The van der Waals surface area contributed by atoms with Crippen molar-refractivity contribution in [3.05, 3.63) is 0 Å². The van der Waals surface area contributed by atoms with Crippen LogP contribution in [-0.4, -0.2) is 133 Å². The largest absolute Gasteiger partial charge is 1.00 e. The van der Waals surface area contributed by atoms with Crippen LogP contribution in [-0.2, 0) is 28.8 Å². The topological polar surface area (TPSA) is 342 Å². The van der Waals surface area contributed by atoms with Gasteiger partial charge in [-0.15, -0.1) is 0 Å². The van der Waals surface area contributed by atoms with Crippen molar-refractivity contribution >= 4 is 83.3 Å². The quantitative estimate of drug-likeness (QED) is 0.0614. The first-order valence-electron chi connectivity index (χ1n) is 4.68. The average molecular weight is 824 g/mol. The molecule has 0 saturated carbocycles. The summed E-state index contributed by atoms with van der Waals surface area (Å²) in [5.74, 6) is 0. The minimum Gasteiger partial charge on any atom is -1.00 e. The maximum Gasteiger partial charge on any atom is 1.00 e. The Balaban J connectivity index is -0.0000000356. The van der Waals surface area contributed by atoms with Gasteiger partial charge in [-0.2, -0.15) is 8.42 Å². The fraction of sp³-hybridized carbons (Fsp3) is 1.00. The monoisotopic (exact) mass is 824 g/mol. The van der Waals surface area contributed by atoms with Gasteiger partial charge in [0.2, 0.25) is 0 Å². The molecule has 30 heteroatoms. The first-order chi connectivity index (χ1) is 12.0. The molecule has 0 amide bonds. The molecule has 0 bridgehead atoms. The first-order valence-corrected chi connectivity index (χ1v) is 22.3. The van der Waals surface area contributed by atoms with Gasteiger partial charge in [-0.1, -0.05) is 0 Å². The molecule has 0 aromatic carbocycles. The maximum absolute atomic E-state index is 10.4. The molecule has 0 heterocycles. The van der Waals surface area contributed by atoms with E-state index in [0.29, 0.717) is 6.26 Å². The van der Waals surface area contributed by atoms with E-state index in [1.165, 1.54) is 0 Å². The van der Waals surface area contributed by atoms with E-state index < -0.39 is 83.3 Å². The van der Waals surface area contributed by atoms with Crippen LogP contribution >= 0.6 is 0 Å². The number of rotatable bonds is 0. The molecular weight excluding hydrogens is 809 g/mol. The van der Waals surface area contributed by atoms with Crippen LogP contribution in [0.15, 0.2) is 0 Å². The van der Waals surface area contributed by atoms with E-state index in [4.69, 9.17) is 64.2 Å². The molecule has 0 rings (SSSR count). The van der Waals surface area contributed by atoms with Crippen LogP contribution in [0.1, 0.15) is 1.43 Å². The van der Waals surface area contributed by atoms with Crippen molar-refractivity contribution in [1.82, 2.24) is 0 Å². The van der Waals surface area contributed by atoms with Crippen molar-refractivity contribution in [2.75, 3.05) is 6.26 Å². The fourth-order valence-corrected chi connectivity index (χ4v) is 0. The van der Waals surface area contributed by atoms with Crippen LogP contribution in [0.2, 0.25) is 0 Å². The molecule has 0 fully saturated rings. The van der Waals surface area contributed by atoms with Gasteiger partial charge in [-0.25, -0.2) is 0 Å². The maximum atomic E-state index is 10.4. The zero-order valence-corrected chi connectivity index (χ0v) is 24.5. The third kappa shape index (κ3) is 11500. The molecule has 0 radical (unpaired) electrons. The van der Waals surface area contributed by atoms with Gasteiger partial charge in [0, 0.05) is 0 Å². The van der Waals surface area contributed by atoms with Gasteiger partial charge in [0.05, 0.1) is 6.26 Å². The van der Waals surface area contributed by atoms with E-state index in [1.807, 2.05) is 0 Å². The normalized spacial score (nSPS) is 11.4. The molecule has 0 unspecified atom stereocenters. The van der Waals surface area contributed by atoms with Crippen LogP contribution < -0.4 is 18.9 Å².